The minimum Gasteiger partial charge on any atom is -0.416 e. The van der Waals surface area contributed by atoms with Crippen LogP contribution in [0.3, 0.4) is 0 Å². The fourth-order valence-corrected chi connectivity index (χ4v) is 3.97. The van der Waals surface area contributed by atoms with E-state index in [-0.39, 0.29) is 12.0 Å². The van der Waals surface area contributed by atoms with Crippen molar-refractivity contribution in [2.45, 2.75) is 50.2 Å². The number of hydrogen-bond acceptors (Lipinski definition) is 6. The highest BCUT2D eigenvalue weighted by Crippen LogP contribution is 2.34. The Bertz CT molecular complexity index is 436. The van der Waals surface area contributed by atoms with Crippen LogP contribution in [0.1, 0.15) is 44.4 Å². The lowest BCUT2D eigenvalue weighted by Crippen LogP contribution is -2.47. The summed E-state index contributed by atoms with van der Waals surface area (Å²) < 4.78 is 10.9. The first-order valence-corrected chi connectivity index (χ1v) is 8.92. The van der Waals surface area contributed by atoms with Gasteiger partial charge in [-0.1, -0.05) is 43.9 Å². The number of aryl methyl sites for hydroxylation is 1. The molecule has 1 saturated carbocycles. The third-order valence-corrected chi connectivity index (χ3v) is 5.76. The number of hydrogen-bond donors (Lipinski definition) is 1. The minimum atomic E-state index is -0.110. The van der Waals surface area contributed by atoms with Crippen LogP contribution in [0.2, 0.25) is 0 Å². The van der Waals surface area contributed by atoms with Crippen LogP contribution < -0.4 is 0 Å². The molecule has 21 heavy (non-hydrogen) atoms. The molecule has 3 rings (SSSR count). The lowest BCUT2D eigenvalue weighted by molar-refractivity contribution is -0.121. The van der Waals surface area contributed by atoms with Crippen molar-refractivity contribution in [3.05, 3.63) is 5.89 Å². The standard InChI is InChI=1S/C15H24N2O3S/c18-8-15(9-19-10-15)11-21-14-17-16-13(20-14)7-6-12-4-2-1-3-5-12/h12,18H,1-11H2. The van der Waals surface area contributed by atoms with Crippen molar-refractivity contribution >= 4 is 11.8 Å². The summed E-state index contributed by atoms with van der Waals surface area (Å²) >= 11 is 1.53. The van der Waals surface area contributed by atoms with Gasteiger partial charge in [0.15, 0.2) is 0 Å². The molecule has 1 N–H and O–H groups in total. The van der Waals surface area contributed by atoms with E-state index >= 15 is 0 Å². The SMILES string of the molecule is OCC1(CSc2nnc(CCC3CCCCC3)o2)COC1. The number of aliphatic hydroxyl groups excluding tert-OH is 1. The summed E-state index contributed by atoms with van der Waals surface area (Å²) in [4.78, 5) is 0. The molecule has 0 radical (unpaired) electrons. The fourth-order valence-electron chi connectivity index (χ4n) is 3.03. The Morgan fingerprint density at radius 1 is 1.19 bits per heavy atom. The van der Waals surface area contributed by atoms with Gasteiger partial charge in [0, 0.05) is 17.6 Å². The molecule has 118 valence electrons. The molecule has 0 amide bonds. The molecular weight excluding hydrogens is 288 g/mol. The van der Waals surface area contributed by atoms with Gasteiger partial charge in [0.2, 0.25) is 5.89 Å². The second-order valence-electron chi connectivity index (χ2n) is 6.44. The smallest absolute Gasteiger partial charge is 0.276 e. The van der Waals surface area contributed by atoms with E-state index in [1.54, 1.807) is 0 Å². The molecule has 0 spiro atoms. The van der Waals surface area contributed by atoms with Gasteiger partial charge in [-0.3, -0.25) is 0 Å². The number of nitrogens with zero attached hydrogens (tertiary/aromatic N) is 2. The topological polar surface area (TPSA) is 68.4 Å². The summed E-state index contributed by atoms with van der Waals surface area (Å²) in [6.07, 6.45) is 8.92. The van der Waals surface area contributed by atoms with Crippen molar-refractivity contribution in [3.8, 4) is 0 Å². The van der Waals surface area contributed by atoms with Crippen LogP contribution in [-0.2, 0) is 11.2 Å². The highest BCUT2D eigenvalue weighted by atomic mass is 32.2. The molecule has 2 aliphatic rings. The lowest BCUT2D eigenvalue weighted by atomic mass is 9.86. The minimum absolute atomic E-state index is 0.110. The summed E-state index contributed by atoms with van der Waals surface area (Å²) in [6, 6.07) is 0. The Morgan fingerprint density at radius 3 is 2.67 bits per heavy atom. The maximum atomic E-state index is 9.39. The van der Waals surface area contributed by atoms with Gasteiger partial charge in [0.25, 0.3) is 5.22 Å². The zero-order valence-corrected chi connectivity index (χ0v) is 13.2. The van der Waals surface area contributed by atoms with Crippen LogP contribution in [0.25, 0.3) is 0 Å². The van der Waals surface area contributed by atoms with Crippen LogP contribution in [0.4, 0.5) is 0 Å². The highest BCUT2D eigenvalue weighted by molar-refractivity contribution is 7.99. The number of thioether (sulfide) groups is 1. The van der Waals surface area contributed by atoms with Gasteiger partial charge < -0.3 is 14.3 Å². The van der Waals surface area contributed by atoms with Gasteiger partial charge >= 0.3 is 0 Å². The molecule has 1 aliphatic carbocycles. The van der Waals surface area contributed by atoms with Crippen LogP contribution in [0, 0.1) is 11.3 Å². The van der Waals surface area contributed by atoms with E-state index in [0.29, 0.717) is 18.4 Å². The van der Waals surface area contributed by atoms with Gasteiger partial charge in [-0.2, -0.15) is 0 Å². The molecule has 2 heterocycles. The lowest BCUT2D eigenvalue weighted by Gasteiger charge is -2.39. The second kappa shape index (κ2) is 7.11. The first-order valence-electron chi connectivity index (χ1n) is 7.93. The average Bonchev–Trinajstić information content (AvgIpc) is 2.94. The zero-order valence-electron chi connectivity index (χ0n) is 12.4. The molecule has 0 atom stereocenters. The Morgan fingerprint density at radius 2 is 2.00 bits per heavy atom. The van der Waals surface area contributed by atoms with Crippen molar-refractivity contribution in [3.63, 3.8) is 0 Å². The largest absolute Gasteiger partial charge is 0.416 e. The third kappa shape index (κ3) is 3.99. The van der Waals surface area contributed by atoms with Crippen molar-refractivity contribution in [1.29, 1.82) is 0 Å². The predicted molar refractivity (Wildman–Crippen MR) is 80.3 cm³/mol. The maximum Gasteiger partial charge on any atom is 0.276 e. The van der Waals surface area contributed by atoms with Crippen LogP contribution >= 0.6 is 11.8 Å². The van der Waals surface area contributed by atoms with Crippen molar-refractivity contribution in [2.24, 2.45) is 11.3 Å². The van der Waals surface area contributed by atoms with E-state index < -0.39 is 0 Å². The van der Waals surface area contributed by atoms with E-state index in [0.717, 1.165) is 24.0 Å². The fraction of sp³-hybridized carbons (Fsp3) is 0.867. The van der Waals surface area contributed by atoms with Gasteiger partial charge in [-0.25, -0.2) is 0 Å². The van der Waals surface area contributed by atoms with E-state index in [4.69, 9.17) is 9.15 Å². The summed E-state index contributed by atoms with van der Waals surface area (Å²) in [5.41, 5.74) is -0.110. The summed E-state index contributed by atoms with van der Waals surface area (Å²) in [5.74, 6) is 2.37. The molecule has 5 nitrogen and oxygen atoms in total. The van der Waals surface area contributed by atoms with Crippen LogP contribution in [0.5, 0.6) is 0 Å². The van der Waals surface area contributed by atoms with E-state index in [1.807, 2.05) is 0 Å². The average molecular weight is 312 g/mol. The number of aliphatic hydroxyl groups is 1. The van der Waals surface area contributed by atoms with Gasteiger partial charge in [0.1, 0.15) is 0 Å². The van der Waals surface area contributed by atoms with E-state index in [2.05, 4.69) is 10.2 Å². The maximum absolute atomic E-state index is 9.39. The molecule has 0 bridgehead atoms. The number of ether oxygens (including phenoxy) is 1. The number of rotatable bonds is 7. The quantitative estimate of drug-likeness (QED) is 0.781. The monoisotopic (exact) mass is 312 g/mol. The molecule has 0 aromatic carbocycles. The Labute approximate surface area is 129 Å². The van der Waals surface area contributed by atoms with Crippen molar-refractivity contribution in [2.75, 3.05) is 25.6 Å². The van der Waals surface area contributed by atoms with Crippen LogP contribution in [0.15, 0.2) is 9.64 Å². The summed E-state index contributed by atoms with van der Waals surface area (Å²) in [7, 11) is 0. The normalized spacial score (nSPS) is 22.1. The van der Waals surface area contributed by atoms with Gasteiger partial charge in [0.05, 0.1) is 19.8 Å². The number of aromatic nitrogens is 2. The summed E-state index contributed by atoms with van der Waals surface area (Å²) in [6.45, 7) is 1.40. The summed E-state index contributed by atoms with van der Waals surface area (Å²) in [5, 5.41) is 18.2. The Hall–Kier alpha value is -0.590. The molecule has 1 aromatic heterocycles. The highest BCUT2D eigenvalue weighted by Gasteiger charge is 2.38. The van der Waals surface area contributed by atoms with Gasteiger partial charge in [-0.05, 0) is 12.3 Å². The molecule has 1 aliphatic heterocycles. The van der Waals surface area contributed by atoms with Crippen molar-refractivity contribution in [1.82, 2.24) is 10.2 Å². The Kier molecular flexibility index (Phi) is 5.19. The van der Waals surface area contributed by atoms with E-state index in [9.17, 15) is 5.11 Å². The first-order chi connectivity index (χ1) is 10.3. The molecule has 0 unspecified atom stereocenters. The van der Waals surface area contributed by atoms with Crippen LogP contribution in [-0.4, -0.2) is 40.9 Å². The first kappa shape index (κ1) is 15.3. The molecule has 6 heteroatoms. The predicted octanol–water partition coefficient (Wildman–Crippen LogP) is 2.68. The second-order valence-corrected chi connectivity index (χ2v) is 7.37. The third-order valence-electron chi connectivity index (χ3n) is 4.59. The van der Waals surface area contributed by atoms with Crippen molar-refractivity contribution < 1.29 is 14.3 Å². The molecule has 1 aromatic rings. The molecule has 2 fully saturated rings. The van der Waals surface area contributed by atoms with Gasteiger partial charge in [-0.15, -0.1) is 10.2 Å². The zero-order chi connectivity index (χ0) is 14.5. The Balaban J connectivity index is 1.42. The molecular formula is C15H24N2O3S. The molecule has 1 saturated heterocycles. The van der Waals surface area contributed by atoms with E-state index in [1.165, 1.54) is 50.3 Å².